The Morgan fingerprint density at radius 3 is 1.60 bits per heavy atom. The molecule has 4 N–H and O–H groups in total. The minimum absolute atomic E-state index is 0.000403. The molecule has 0 aliphatic carbocycles. The number of hydrogen-bond acceptors (Lipinski definition) is 17. The molecular formula is C43H69N5O14. The summed E-state index contributed by atoms with van der Waals surface area (Å²) in [5, 5.41) is 21.8. The maximum absolute atomic E-state index is 12.3. The van der Waals surface area contributed by atoms with Gasteiger partial charge in [-0.1, -0.05) is 30.3 Å². The van der Waals surface area contributed by atoms with Crippen LogP contribution in [0.15, 0.2) is 30.3 Å². The van der Waals surface area contributed by atoms with E-state index in [9.17, 15) is 24.6 Å². The highest BCUT2D eigenvalue weighted by Crippen LogP contribution is 2.45. The quantitative estimate of drug-likeness (QED) is 0.226. The molecule has 19 heteroatoms. The molecule has 6 aliphatic rings. The lowest BCUT2D eigenvalue weighted by Gasteiger charge is -2.45. The Hall–Kier alpha value is -3.21. The predicted octanol–water partition coefficient (Wildman–Crippen LogP) is 1.85. The van der Waals surface area contributed by atoms with E-state index in [2.05, 4.69) is 9.80 Å². The van der Waals surface area contributed by atoms with Gasteiger partial charge in [-0.3, -0.25) is 14.6 Å². The number of rotatable bonds is 10. The topological polar surface area (TPSA) is 214 Å². The van der Waals surface area contributed by atoms with Crippen molar-refractivity contribution in [3.8, 4) is 0 Å². The third-order valence-corrected chi connectivity index (χ3v) is 12.1. The van der Waals surface area contributed by atoms with Crippen molar-refractivity contribution in [1.29, 1.82) is 0 Å². The first kappa shape index (κ1) is 48.3. The van der Waals surface area contributed by atoms with E-state index in [1.54, 1.807) is 55.9 Å². The molecule has 7 rings (SSSR count). The van der Waals surface area contributed by atoms with Gasteiger partial charge < -0.3 is 68.4 Å². The van der Waals surface area contributed by atoms with E-state index < -0.39 is 72.0 Å². The van der Waals surface area contributed by atoms with Gasteiger partial charge in [-0.25, -0.2) is 9.59 Å². The van der Waals surface area contributed by atoms with Crippen molar-refractivity contribution in [3.63, 3.8) is 0 Å². The Balaban J connectivity index is 0.000000218. The molecule has 1 aromatic rings. The van der Waals surface area contributed by atoms with Gasteiger partial charge in [-0.2, -0.15) is 0 Å². The summed E-state index contributed by atoms with van der Waals surface area (Å²) >= 11 is 0. The van der Waals surface area contributed by atoms with Crippen LogP contribution in [-0.4, -0.2) is 194 Å². The largest absolute Gasteiger partial charge is 0.461 e. The molecule has 8 atom stereocenters. The number of carbonyl (C=O) groups is 3. The van der Waals surface area contributed by atoms with Crippen LogP contribution < -0.4 is 5.73 Å². The van der Waals surface area contributed by atoms with Crippen molar-refractivity contribution >= 4 is 18.2 Å². The number of carbonyl (C=O) groups excluding carboxylic acids is 3. The Labute approximate surface area is 364 Å². The SMILES string of the molecule is CN(C)C(=O)O[C@@H]1CO[C@@]2(CN3CCC(CC(=O)OCc4ccccc4)CC3)OC(C)(C)O[C@H]2[C@@H]1O.CN(C)C(=O)O[C@@H]1CO[C@@]2(CN3CCC(N)CC3)OC(C)(C)O[C@H]2[C@@H]1O. The molecule has 2 amide bonds. The maximum atomic E-state index is 12.3. The van der Waals surface area contributed by atoms with E-state index in [4.69, 9.17) is 48.4 Å². The smallest absolute Gasteiger partial charge is 0.409 e. The molecule has 6 saturated heterocycles. The molecule has 6 aliphatic heterocycles. The Morgan fingerprint density at radius 2 is 1.16 bits per heavy atom. The van der Waals surface area contributed by atoms with E-state index in [1.165, 1.54) is 9.80 Å². The fourth-order valence-corrected chi connectivity index (χ4v) is 8.83. The summed E-state index contributed by atoms with van der Waals surface area (Å²) in [5.74, 6) is -4.06. The summed E-state index contributed by atoms with van der Waals surface area (Å²) in [4.78, 5) is 43.2. The summed E-state index contributed by atoms with van der Waals surface area (Å²) < 4.78 is 52.7. The summed E-state index contributed by atoms with van der Waals surface area (Å²) in [7, 11) is 6.32. The highest BCUT2D eigenvalue weighted by atomic mass is 16.9. The van der Waals surface area contributed by atoms with Crippen LogP contribution in [0.2, 0.25) is 0 Å². The number of hydrogen-bond donors (Lipinski definition) is 3. The lowest BCUT2D eigenvalue weighted by molar-refractivity contribution is -0.298. The number of benzene rings is 1. The Bertz CT molecular complexity index is 1660. The second-order valence-corrected chi connectivity index (χ2v) is 18.6. The van der Waals surface area contributed by atoms with Crippen LogP contribution in [0.25, 0.3) is 0 Å². The fraction of sp³-hybridized carbons (Fsp3) is 0.791. The Morgan fingerprint density at radius 1 is 0.726 bits per heavy atom. The Kier molecular flexibility index (Phi) is 15.5. The zero-order valence-electron chi connectivity index (χ0n) is 37.6. The number of nitrogens with two attached hydrogens (primary N) is 1. The highest BCUT2D eigenvalue weighted by Gasteiger charge is 2.64. The first-order valence-electron chi connectivity index (χ1n) is 21.7. The normalized spacial score (nSPS) is 33.6. The average Bonchev–Trinajstić information content (AvgIpc) is 3.66. The molecular weight excluding hydrogens is 810 g/mol. The van der Waals surface area contributed by atoms with Crippen LogP contribution in [0.1, 0.15) is 65.4 Å². The number of ether oxygens (including phenoxy) is 9. The average molecular weight is 880 g/mol. The first-order chi connectivity index (χ1) is 29.2. The first-order valence-corrected chi connectivity index (χ1v) is 21.7. The van der Waals surface area contributed by atoms with Crippen LogP contribution in [-0.2, 0) is 54.0 Å². The van der Waals surface area contributed by atoms with Crippen molar-refractivity contribution in [3.05, 3.63) is 35.9 Å². The van der Waals surface area contributed by atoms with Gasteiger partial charge >= 0.3 is 18.2 Å². The number of esters is 1. The third kappa shape index (κ3) is 11.9. The van der Waals surface area contributed by atoms with Gasteiger partial charge in [0.25, 0.3) is 0 Å². The van der Waals surface area contributed by atoms with Crippen LogP contribution in [0.3, 0.4) is 0 Å². The number of nitrogens with zero attached hydrogens (tertiary/aromatic N) is 4. The van der Waals surface area contributed by atoms with Crippen LogP contribution >= 0.6 is 0 Å². The van der Waals surface area contributed by atoms with Crippen molar-refractivity contribution in [2.75, 3.05) is 80.7 Å². The van der Waals surface area contributed by atoms with Crippen molar-refractivity contribution < 1.29 is 67.2 Å². The summed E-state index contributed by atoms with van der Waals surface area (Å²) in [5.41, 5.74) is 6.96. The number of likely N-dealkylation sites (tertiary alicyclic amines) is 2. The molecule has 1 aromatic carbocycles. The van der Waals surface area contributed by atoms with Gasteiger partial charge in [0.1, 0.15) is 31.0 Å². The molecule has 0 spiro atoms. The molecule has 6 heterocycles. The van der Waals surface area contributed by atoms with Gasteiger partial charge in [0.05, 0.1) is 26.3 Å². The van der Waals surface area contributed by atoms with E-state index in [-0.39, 0.29) is 31.1 Å². The zero-order chi connectivity index (χ0) is 45.0. The lowest BCUT2D eigenvalue weighted by Crippen LogP contribution is -2.64. The number of piperidine rings is 2. The van der Waals surface area contributed by atoms with Gasteiger partial charge in [-0.05, 0) is 91.0 Å². The number of aliphatic hydroxyl groups excluding tert-OH is 2. The molecule has 0 unspecified atom stereocenters. The molecule has 0 saturated carbocycles. The minimum Gasteiger partial charge on any atom is -0.461 e. The van der Waals surface area contributed by atoms with Crippen LogP contribution in [0, 0.1) is 5.92 Å². The molecule has 0 radical (unpaired) electrons. The summed E-state index contributed by atoms with van der Waals surface area (Å²) in [6, 6.07) is 9.88. The van der Waals surface area contributed by atoms with Crippen LogP contribution in [0.5, 0.6) is 0 Å². The molecule has 350 valence electrons. The van der Waals surface area contributed by atoms with Gasteiger partial charge in [0, 0.05) is 40.7 Å². The van der Waals surface area contributed by atoms with Crippen LogP contribution in [0.4, 0.5) is 9.59 Å². The van der Waals surface area contributed by atoms with Crippen molar-refractivity contribution in [1.82, 2.24) is 19.6 Å². The molecule has 0 bridgehead atoms. The zero-order valence-corrected chi connectivity index (χ0v) is 37.6. The number of fused-ring (bicyclic) bond motifs is 2. The predicted molar refractivity (Wildman–Crippen MR) is 221 cm³/mol. The van der Waals surface area contributed by atoms with Gasteiger partial charge in [0.2, 0.25) is 11.6 Å². The van der Waals surface area contributed by atoms with Gasteiger partial charge in [0.15, 0.2) is 23.8 Å². The number of aliphatic hydroxyl groups is 2. The standard InChI is InChI=1S/C26H38N2O8.C17H31N3O6/c1-25(2)35-23-22(30)20(34-24(31)27(3)4)16-33-26(23,36-25)17-28-12-10-18(11-13-28)14-21(29)32-15-19-8-6-5-7-9-19;1-16(2)25-14-13(21)12(24-15(22)19(3)4)9-23-17(14,26-16)10-20-7-5-11(18)6-8-20/h5-9,18,20,22-23,30H,10-17H2,1-4H3;11-14,21H,5-10,18H2,1-4H3/t20-,22-,23+,26+;12-,13-,14+,17+/m11/s1. The van der Waals surface area contributed by atoms with E-state index in [1.807, 2.05) is 30.3 Å². The lowest BCUT2D eigenvalue weighted by atomic mass is 9.91. The van der Waals surface area contributed by atoms with Gasteiger partial charge in [-0.15, -0.1) is 0 Å². The minimum atomic E-state index is -1.18. The number of amides is 2. The second-order valence-electron chi connectivity index (χ2n) is 18.6. The molecule has 0 aromatic heterocycles. The van der Waals surface area contributed by atoms with E-state index >= 15 is 0 Å². The maximum Gasteiger partial charge on any atom is 0.409 e. The van der Waals surface area contributed by atoms with E-state index in [0.717, 1.165) is 57.4 Å². The second kappa shape index (κ2) is 19.9. The van der Waals surface area contributed by atoms with Crippen molar-refractivity contribution in [2.45, 2.75) is 132 Å². The monoisotopic (exact) mass is 879 g/mol. The molecule has 62 heavy (non-hydrogen) atoms. The molecule has 19 nitrogen and oxygen atoms in total. The summed E-state index contributed by atoms with van der Waals surface area (Å²) in [6.45, 7) is 11.5. The summed E-state index contributed by atoms with van der Waals surface area (Å²) in [6.07, 6.45) is -2.54. The molecule has 6 fully saturated rings. The fourth-order valence-electron chi connectivity index (χ4n) is 8.83. The third-order valence-electron chi connectivity index (χ3n) is 12.1. The van der Waals surface area contributed by atoms with Crippen molar-refractivity contribution in [2.24, 2.45) is 11.7 Å². The highest BCUT2D eigenvalue weighted by molar-refractivity contribution is 5.69. The van der Waals surface area contributed by atoms with E-state index in [0.29, 0.717) is 26.1 Å².